The summed E-state index contributed by atoms with van der Waals surface area (Å²) in [6.07, 6.45) is 1.82. The van der Waals surface area contributed by atoms with E-state index in [9.17, 15) is 4.79 Å². The molecule has 112 valence electrons. The van der Waals surface area contributed by atoms with E-state index in [0.29, 0.717) is 10.6 Å². The van der Waals surface area contributed by atoms with Crippen LogP contribution in [-0.4, -0.2) is 12.5 Å². The summed E-state index contributed by atoms with van der Waals surface area (Å²) in [6, 6.07) is 11.3. The molecule has 0 bridgehead atoms. The molecule has 0 saturated carbocycles. The summed E-state index contributed by atoms with van der Waals surface area (Å²) in [5, 5.41) is 3.55. The van der Waals surface area contributed by atoms with E-state index in [-0.39, 0.29) is 12.5 Å². The first-order valence-electron chi connectivity index (χ1n) is 7.04. The second-order valence-electron chi connectivity index (χ2n) is 5.41. The highest BCUT2D eigenvalue weighted by atomic mass is 35.5. The van der Waals surface area contributed by atoms with Crippen molar-refractivity contribution in [3.63, 3.8) is 0 Å². The minimum atomic E-state index is -0.155. The predicted octanol–water partition coefficient (Wildman–Crippen LogP) is 4.37. The van der Waals surface area contributed by atoms with E-state index in [2.05, 4.69) is 5.32 Å². The van der Waals surface area contributed by atoms with Crippen LogP contribution in [0.3, 0.4) is 0 Å². The number of aryl methyl sites for hydroxylation is 2. The molecule has 0 radical (unpaired) electrons. The molecule has 1 aliphatic heterocycles. The smallest absolute Gasteiger partial charge is 0.255 e. The second-order valence-corrected chi connectivity index (χ2v) is 5.85. The van der Waals surface area contributed by atoms with Crippen molar-refractivity contribution in [3.05, 3.63) is 63.7 Å². The van der Waals surface area contributed by atoms with Gasteiger partial charge in [-0.25, -0.2) is 0 Å². The SMILES string of the molecule is Cc1ccc(NC(=O)C2=Cc3cc(Cl)ccc3OC2)c(C)c1. The van der Waals surface area contributed by atoms with Gasteiger partial charge in [0.25, 0.3) is 5.91 Å². The van der Waals surface area contributed by atoms with Crippen LogP contribution in [-0.2, 0) is 4.79 Å². The van der Waals surface area contributed by atoms with Gasteiger partial charge in [0.2, 0.25) is 0 Å². The van der Waals surface area contributed by atoms with Gasteiger partial charge in [-0.3, -0.25) is 4.79 Å². The fourth-order valence-electron chi connectivity index (χ4n) is 2.44. The van der Waals surface area contributed by atoms with Crippen LogP contribution in [0.1, 0.15) is 16.7 Å². The highest BCUT2D eigenvalue weighted by molar-refractivity contribution is 6.30. The van der Waals surface area contributed by atoms with E-state index in [0.717, 1.165) is 22.6 Å². The Balaban J connectivity index is 1.84. The van der Waals surface area contributed by atoms with E-state index in [1.54, 1.807) is 12.1 Å². The highest BCUT2D eigenvalue weighted by Gasteiger charge is 2.18. The number of ether oxygens (including phenoxy) is 1. The summed E-state index contributed by atoms with van der Waals surface area (Å²) >= 11 is 5.98. The Kier molecular flexibility index (Phi) is 3.90. The molecule has 2 aromatic rings. The van der Waals surface area contributed by atoms with Gasteiger partial charge >= 0.3 is 0 Å². The Bertz CT molecular complexity index is 781. The number of hydrogen-bond donors (Lipinski definition) is 1. The maximum Gasteiger partial charge on any atom is 0.255 e. The molecule has 4 heteroatoms. The molecule has 0 atom stereocenters. The molecule has 0 unspecified atom stereocenters. The molecule has 1 N–H and O–H groups in total. The number of carbonyl (C=O) groups is 1. The zero-order valence-corrected chi connectivity index (χ0v) is 13.2. The van der Waals surface area contributed by atoms with Gasteiger partial charge in [-0.2, -0.15) is 0 Å². The fraction of sp³-hybridized carbons (Fsp3) is 0.167. The first kappa shape index (κ1) is 14.7. The number of fused-ring (bicyclic) bond motifs is 1. The first-order valence-corrected chi connectivity index (χ1v) is 7.42. The summed E-state index contributed by atoms with van der Waals surface area (Å²) in [5.41, 5.74) is 4.42. The summed E-state index contributed by atoms with van der Waals surface area (Å²) in [6.45, 7) is 4.26. The molecular weight excluding hydrogens is 298 g/mol. The quantitative estimate of drug-likeness (QED) is 0.894. The monoisotopic (exact) mass is 313 g/mol. The number of nitrogens with one attached hydrogen (secondary N) is 1. The lowest BCUT2D eigenvalue weighted by atomic mass is 10.1. The number of halogens is 1. The Morgan fingerprint density at radius 3 is 2.77 bits per heavy atom. The van der Waals surface area contributed by atoms with E-state index < -0.39 is 0 Å². The summed E-state index contributed by atoms with van der Waals surface area (Å²) < 4.78 is 5.61. The Hall–Kier alpha value is -2.26. The predicted molar refractivity (Wildman–Crippen MR) is 89.5 cm³/mol. The maximum absolute atomic E-state index is 12.4. The second kappa shape index (κ2) is 5.85. The zero-order chi connectivity index (χ0) is 15.7. The van der Waals surface area contributed by atoms with Crippen LogP contribution in [0.25, 0.3) is 6.08 Å². The maximum atomic E-state index is 12.4. The number of anilines is 1. The fourth-order valence-corrected chi connectivity index (χ4v) is 2.62. The van der Waals surface area contributed by atoms with Crippen LogP contribution in [0.15, 0.2) is 42.0 Å². The van der Waals surface area contributed by atoms with E-state index in [1.165, 1.54) is 5.56 Å². The van der Waals surface area contributed by atoms with Crippen molar-refractivity contribution in [1.29, 1.82) is 0 Å². The number of hydrogen-bond acceptors (Lipinski definition) is 2. The third kappa shape index (κ3) is 3.00. The highest BCUT2D eigenvalue weighted by Crippen LogP contribution is 2.29. The van der Waals surface area contributed by atoms with Gasteiger partial charge in [-0.1, -0.05) is 29.3 Å². The minimum Gasteiger partial charge on any atom is -0.488 e. The first-order chi connectivity index (χ1) is 10.5. The minimum absolute atomic E-state index is 0.155. The summed E-state index contributed by atoms with van der Waals surface area (Å²) in [4.78, 5) is 12.4. The number of carbonyl (C=O) groups excluding carboxylic acids is 1. The molecule has 3 rings (SSSR count). The Labute approximate surface area is 134 Å². The average molecular weight is 314 g/mol. The molecule has 22 heavy (non-hydrogen) atoms. The molecule has 0 aliphatic carbocycles. The lowest BCUT2D eigenvalue weighted by Gasteiger charge is -2.18. The van der Waals surface area contributed by atoms with Gasteiger partial charge < -0.3 is 10.1 Å². The van der Waals surface area contributed by atoms with E-state index >= 15 is 0 Å². The third-order valence-electron chi connectivity index (χ3n) is 3.61. The standard InChI is InChI=1S/C18H16ClNO2/c1-11-3-5-16(12(2)7-11)20-18(21)14-8-13-9-15(19)4-6-17(13)22-10-14/h3-9H,10H2,1-2H3,(H,20,21). The van der Waals surface area contributed by atoms with Crippen LogP contribution in [0.4, 0.5) is 5.69 Å². The molecule has 3 nitrogen and oxygen atoms in total. The van der Waals surface area contributed by atoms with Crippen molar-refractivity contribution in [3.8, 4) is 5.75 Å². The van der Waals surface area contributed by atoms with Gasteiger partial charge in [-0.15, -0.1) is 0 Å². The largest absolute Gasteiger partial charge is 0.488 e. The molecule has 2 aromatic carbocycles. The Morgan fingerprint density at radius 1 is 1.18 bits per heavy atom. The van der Waals surface area contributed by atoms with Crippen molar-refractivity contribution >= 4 is 29.3 Å². The van der Waals surface area contributed by atoms with Gasteiger partial charge in [-0.05, 0) is 49.8 Å². The lowest BCUT2D eigenvalue weighted by molar-refractivity contribution is -0.113. The molecule has 0 saturated heterocycles. The molecule has 0 spiro atoms. The van der Waals surface area contributed by atoms with Crippen molar-refractivity contribution < 1.29 is 9.53 Å². The van der Waals surface area contributed by atoms with Crippen molar-refractivity contribution in [2.75, 3.05) is 11.9 Å². The zero-order valence-electron chi connectivity index (χ0n) is 12.4. The van der Waals surface area contributed by atoms with Gasteiger partial charge in [0.05, 0.1) is 5.57 Å². The van der Waals surface area contributed by atoms with Crippen LogP contribution >= 0.6 is 11.6 Å². The van der Waals surface area contributed by atoms with E-state index in [1.807, 2.05) is 44.2 Å². The van der Waals surface area contributed by atoms with Gasteiger partial charge in [0.15, 0.2) is 0 Å². The van der Waals surface area contributed by atoms with Crippen LogP contribution in [0, 0.1) is 13.8 Å². The number of rotatable bonds is 2. The molecular formula is C18H16ClNO2. The van der Waals surface area contributed by atoms with Crippen LogP contribution in [0.2, 0.25) is 5.02 Å². The van der Waals surface area contributed by atoms with Crippen molar-refractivity contribution in [1.82, 2.24) is 0 Å². The summed E-state index contributed by atoms with van der Waals surface area (Å²) in [5.74, 6) is 0.588. The summed E-state index contributed by atoms with van der Waals surface area (Å²) in [7, 11) is 0. The third-order valence-corrected chi connectivity index (χ3v) is 3.84. The van der Waals surface area contributed by atoms with Crippen LogP contribution < -0.4 is 10.1 Å². The molecule has 1 heterocycles. The topological polar surface area (TPSA) is 38.3 Å². The van der Waals surface area contributed by atoms with Crippen LogP contribution in [0.5, 0.6) is 5.75 Å². The average Bonchev–Trinajstić information content (AvgIpc) is 2.49. The molecule has 0 aromatic heterocycles. The van der Waals surface area contributed by atoms with Crippen molar-refractivity contribution in [2.45, 2.75) is 13.8 Å². The van der Waals surface area contributed by atoms with Gasteiger partial charge in [0.1, 0.15) is 12.4 Å². The normalized spacial score (nSPS) is 13.0. The van der Waals surface area contributed by atoms with Gasteiger partial charge in [0, 0.05) is 16.3 Å². The van der Waals surface area contributed by atoms with Crippen molar-refractivity contribution in [2.24, 2.45) is 0 Å². The lowest BCUT2D eigenvalue weighted by Crippen LogP contribution is -2.21. The Morgan fingerprint density at radius 2 is 2.00 bits per heavy atom. The molecule has 1 amide bonds. The number of amides is 1. The molecule has 1 aliphatic rings. The molecule has 0 fully saturated rings. The van der Waals surface area contributed by atoms with E-state index in [4.69, 9.17) is 16.3 Å². The number of benzene rings is 2.